The Kier molecular flexibility index (Phi) is 7.01. The van der Waals surface area contributed by atoms with Crippen LogP contribution in [0.3, 0.4) is 0 Å². The Morgan fingerprint density at radius 1 is 1.16 bits per heavy atom. The number of aromatic nitrogens is 5. The number of thiazole rings is 1. The molecule has 0 spiro atoms. The van der Waals surface area contributed by atoms with E-state index in [2.05, 4.69) is 25.2 Å². The Hall–Kier alpha value is -3.95. The van der Waals surface area contributed by atoms with Gasteiger partial charge in [-0.05, 0) is 64.9 Å². The van der Waals surface area contributed by atoms with Crippen LogP contribution in [0, 0.1) is 17.0 Å². The fourth-order valence-electron chi connectivity index (χ4n) is 6.32. The normalized spacial score (nSPS) is 23.0. The van der Waals surface area contributed by atoms with Gasteiger partial charge in [0.1, 0.15) is 41.4 Å². The predicted octanol–water partition coefficient (Wildman–Crippen LogP) is 3.95. The standard InChI is InChI=1S/C28H25F4N5O5S/c1-41-24(39)21-10-43-23(34-21)22(38)9-42-18-5-2-16(3-6-18)25-11-26(12-25,13-25)28(31,32)27(40,14-37-15-33-35-36-37)19-7-4-17(29)8-20(19)30/h2-8,10,15,22,38,40H,9,11-14H2,1H3/t22-,25?,26?,27+/m1/s1. The molecule has 4 aromatic rings. The van der Waals surface area contributed by atoms with Crippen molar-refractivity contribution < 1.29 is 42.0 Å². The van der Waals surface area contributed by atoms with Crippen molar-refractivity contribution in [3.05, 3.63) is 87.6 Å². The minimum absolute atomic E-state index is 0.0409. The van der Waals surface area contributed by atoms with Crippen LogP contribution in [-0.2, 0) is 22.3 Å². The maximum Gasteiger partial charge on any atom is 0.357 e. The second kappa shape index (κ2) is 10.3. The third kappa shape index (κ3) is 4.66. The highest BCUT2D eigenvalue weighted by Crippen LogP contribution is 2.80. The lowest BCUT2D eigenvalue weighted by Crippen LogP contribution is -2.76. The Morgan fingerprint density at radius 2 is 1.88 bits per heavy atom. The highest BCUT2D eigenvalue weighted by Gasteiger charge is 2.82. The number of methoxy groups -OCH3 is 1. The number of tetrazole rings is 1. The topological polar surface area (TPSA) is 132 Å². The molecule has 3 aliphatic carbocycles. The predicted molar refractivity (Wildman–Crippen MR) is 141 cm³/mol. The molecule has 2 aromatic heterocycles. The van der Waals surface area contributed by atoms with E-state index in [9.17, 15) is 23.8 Å². The van der Waals surface area contributed by atoms with E-state index in [0.717, 1.165) is 40.0 Å². The molecule has 0 amide bonds. The van der Waals surface area contributed by atoms with Crippen molar-refractivity contribution in [2.75, 3.05) is 13.7 Å². The molecule has 226 valence electrons. The van der Waals surface area contributed by atoms with Crippen LogP contribution in [0.1, 0.15) is 52.0 Å². The fourth-order valence-corrected chi connectivity index (χ4v) is 7.08. The zero-order valence-corrected chi connectivity index (χ0v) is 23.4. The lowest BCUT2D eigenvalue weighted by atomic mass is 9.30. The molecule has 15 heteroatoms. The number of benzene rings is 2. The van der Waals surface area contributed by atoms with Gasteiger partial charge in [-0.25, -0.2) is 32.0 Å². The number of hydrogen-bond donors (Lipinski definition) is 2. The summed E-state index contributed by atoms with van der Waals surface area (Å²) in [5, 5.41) is 34.0. The monoisotopic (exact) mass is 619 g/mol. The van der Waals surface area contributed by atoms with E-state index in [1.807, 2.05) is 0 Å². The first kappa shape index (κ1) is 29.1. The summed E-state index contributed by atoms with van der Waals surface area (Å²) >= 11 is 1.09. The molecule has 3 aliphatic rings. The van der Waals surface area contributed by atoms with Gasteiger partial charge in [-0.2, -0.15) is 0 Å². The van der Waals surface area contributed by atoms with Gasteiger partial charge in [0, 0.05) is 22.4 Å². The number of hydrogen-bond acceptors (Lipinski definition) is 10. The zero-order chi connectivity index (χ0) is 30.6. The zero-order valence-electron chi connectivity index (χ0n) is 22.6. The SMILES string of the molecule is COC(=O)c1csc([C@H](O)COc2ccc(C34CC(C(F)(F)[C@](O)(Cn5cnnn5)c5ccc(F)cc5F)(C3)C4)cc2)n1. The summed E-state index contributed by atoms with van der Waals surface area (Å²) in [4.78, 5) is 15.6. The third-order valence-corrected chi connectivity index (χ3v) is 9.40. The first-order valence-corrected chi connectivity index (χ1v) is 14.0. The second-order valence-electron chi connectivity index (χ2n) is 11.1. The number of alkyl halides is 2. The molecule has 2 atom stereocenters. The van der Waals surface area contributed by atoms with E-state index < -0.39 is 58.2 Å². The minimum Gasteiger partial charge on any atom is -0.490 e. The van der Waals surface area contributed by atoms with Gasteiger partial charge in [0.05, 0.1) is 13.7 Å². The average Bonchev–Trinajstić information content (AvgIpc) is 3.63. The van der Waals surface area contributed by atoms with Crippen LogP contribution in [0.2, 0.25) is 0 Å². The van der Waals surface area contributed by atoms with E-state index in [0.29, 0.717) is 11.8 Å². The molecule has 10 nitrogen and oxygen atoms in total. The number of aliphatic hydroxyl groups is 2. The molecule has 0 saturated heterocycles. The number of carbonyl (C=O) groups excluding carboxylic acids is 1. The molecular formula is C28H25F4N5O5S. The summed E-state index contributed by atoms with van der Waals surface area (Å²) < 4.78 is 72.3. The summed E-state index contributed by atoms with van der Waals surface area (Å²) in [5.41, 5.74) is -5.07. The Morgan fingerprint density at radius 3 is 2.51 bits per heavy atom. The van der Waals surface area contributed by atoms with E-state index >= 15 is 8.78 Å². The van der Waals surface area contributed by atoms with E-state index in [4.69, 9.17) is 4.74 Å². The van der Waals surface area contributed by atoms with Gasteiger partial charge in [-0.1, -0.05) is 12.1 Å². The van der Waals surface area contributed by atoms with Crippen LogP contribution in [-0.4, -0.2) is 61.0 Å². The quantitative estimate of drug-likeness (QED) is 0.189. The molecule has 7 rings (SSSR count). The number of ether oxygens (including phenoxy) is 2. The van der Waals surface area contributed by atoms with Gasteiger partial charge in [0.25, 0.3) is 5.92 Å². The molecular weight excluding hydrogens is 594 g/mol. The third-order valence-electron chi connectivity index (χ3n) is 8.45. The van der Waals surface area contributed by atoms with Gasteiger partial charge in [0.2, 0.25) is 0 Å². The number of esters is 1. The van der Waals surface area contributed by atoms with Crippen LogP contribution in [0.4, 0.5) is 17.6 Å². The number of aliphatic hydroxyl groups excluding tert-OH is 1. The first-order chi connectivity index (χ1) is 20.4. The summed E-state index contributed by atoms with van der Waals surface area (Å²) in [7, 11) is 1.23. The molecule has 2 aromatic carbocycles. The Balaban J connectivity index is 1.14. The van der Waals surface area contributed by atoms with Crippen LogP contribution >= 0.6 is 11.3 Å². The van der Waals surface area contributed by atoms with Gasteiger partial charge >= 0.3 is 5.97 Å². The van der Waals surface area contributed by atoms with Crippen molar-refractivity contribution >= 4 is 17.3 Å². The minimum atomic E-state index is -3.82. The maximum atomic E-state index is 16.4. The fraction of sp³-hybridized carbons (Fsp3) is 0.393. The van der Waals surface area contributed by atoms with Crippen LogP contribution in [0.5, 0.6) is 5.75 Å². The van der Waals surface area contributed by atoms with Crippen molar-refractivity contribution in [3.8, 4) is 5.75 Å². The van der Waals surface area contributed by atoms with Gasteiger partial charge in [-0.15, -0.1) is 16.4 Å². The Labute approximate surface area is 245 Å². The largest absolute Gasteiger partial charge is 0.490 e. The molecule has 0 radical (unpaired) electrons. The summed E-state index contributed by atoms with van der Waals surface area (Å²) in [5.74, 6) is -6.26. The van der Waals surface area contributed by atoms with Crippen molar-refractivity contribution in [2.24, 2.45) is 5.41 Å². The molecule has 3 fully saturated rings. The van der Waals surface area contributed by atoms with Crippen molar-refractivity contribution in [1.82, 2.24) is 25.2 Å². The second-order valence-corrected chi connectivity index (χ2v) is 12.0. The molecule has 2 heterocycles. The van der Waals surface area contributed by atoms with Crippen LogP contribution in [0.25, 0.3) is 0 Å². The lowest BCUT2D eigenvalue weighted by Gasteiger charge is -2.74. The average molecular weight is 620 g/mol. The number of rotatable bonds is 11. The molecule has 43 heavy (non-hydrogen) atoms. The maximum absolute atomic E-state index is 16.4. The molecule has 2 N–H and O–H groups in total. The van der Waals surface area contributed by atoms with E-state index in [-0.39, 0.29) is 36.6 Å². The highest BCUT2D eigenvalue weighted by molar-refractivity contribution is 7.09. The van der Waals surface area contributed by atoms with E-state index in [1.54, 1.807) is 24.3 Å². The van der Waals surface area contributed by atoms with Crippen LogP contribution < -0.4 is 4.74 Å². The van der Waals surface area contributed by atoms with Gasteiger partial charge in [-0.3, -0.25) is 0 Å². The Bertz CT molecular complexity index is 1630. The molecule has 0 unspecified atom stereocenters. The summed E-state index contributed by atoms with van der Waals surface area (Å²) in [6.07, 6.45) is 0.0730. The number of nitrogens with zero attached hydrogens (tertiary/aromatic N) is 5. The highest BCUT2D eigenvalue weighted by atomic mass is 32.1. The lowest BCUT2D eigenvalue weighted by molar-refractivity contribution is -0.347. The number of carbonyl (C=O) groups is 1. The van der Waals surface area contributed by atoms with Crippen molar-refractivity contribution in [3.63, 3.8) is 0 Å². The van der Waals surface area contributed by atoms with Gasteiger partial charge < -0.3 is 19.7 Å². The van der Waals surface area contributed by atoms with E-state index in [1.165, 1.54) is 12.5 Å². The van der Waals surface area contributed by atoms with Crippen molar-refractivity contribution in [1.29, 1.82) is 0 Å². The smallest absolute Gasteiger partial charge is 0.357 e. The summed E-state index contributed by atoms with van der Waals surface area (Å²) in [6.45, 7) is -0.971. The van der Waals surface area contributed by atoms with Crippen LogP contribution in [0.15, 0.2) is 54.2 Å². The van der Waals surface area contributed by atoms with Crippen molar-refractivity contribution in [2.45, 2.75) is 48.8 Å². The molecule has 2 bridgehead atoms. The molecule has 0 aliphatic heterocycles. The first-order valence-electron chi connectivity index (χ1n) is 13.1. The molecule has 3 saturated carbocycles. The van der Waals surface area contributed by atoms with Gasteiger partial charge in [0.15, 0.2) is 11.3 Å². The summed E-state index contributed by atoms with van der Waals surface area (Å²) in [6, 6.07) is 8.95. The number of halogens is 4.